The summed E-state index contributed by atoms with van der Waals surface area (Å²) in [5.41, 5.74) is 0. The van der Waals surface area contributed by atoms with Gasteiger partial charge in [0.05, 0.1) is 10.8 Å². The van der Waals surface area contributed by atoms with Crippen molar-refractivity contribution in [3.63, 3.8) is 0 Å². The van der Waals surface area contributed by atoms with Crippen molar-refractivity contribution in [2.24, 2.45) is 0 Å². The van der Waals surface area contributed by atoms with Gasteiger partial charge in [-0.1, -0.05) is 30.3 Å². The summed E-state index contributed by atoms with van der Waals surface area (Å²) in [4.78, 5) is 0.949. The minimum Gasteiger partial charge on any atom is -0.314 e. The van der Waals surface area contributed by atoms with Crippen molar-refractivity contribution >= 4 is 21.6 Å². The van der Waals surface area contributed by atoms with Crippen LogP contribution in [0.2, 0.25) is 0 Å². The molecule has 0 amide bonds. The Bertz CT molecular complexity index is 592. The molecule has 1 aliphatic rings. The number of nitrogens with one attached hydrogen (secondary N) is 1. The van der Waals surface area contributed by atoms with Crippen LogP contribution in [0, 0.1) is 0 Å². The number of hydrogen-bond donors (Lipinski definition) is 1. The predicted octanol–water partition coefficient (Wildman–Crippen LogP) is 3.09. The van der Waals surface area contributed by atoms with Gasteiger partial charge in [-0.15, -0.1) is 0 Å². The molecule has 0 aromatic heterocycles. The molecule has 1 aliphatic carbocycles. The molecule has 0 aliphatic heterocycles. The quantitative estimate of drug-likeness (QED) is 0.819. The maximum Gasteiger partial charge on any atom is 0.0530 e. The molecule has 3 heteroatoms. The fourth-order valence-electron chi connectivity index (χ4n) is 2.22. The third-order valence-corrected chi connectivity index (χ3v) is 4.94. The Labute approximate surface area is 116 Å². The maximum atomic E-state index is 12.2. The Hall–Kier alpha value is -1.19. The first-order chi connectivity index (χ1) is 9.33. The van der Waals surface area contributed by atoms with Gasteiger partial charge in [-0.3, -0.25) is 4.21 Å². The lowest BCUT2D eigenvalue weighted by molar-refractivity contribution is 0.657. The van der Waals surface area contributed by atoms with Crippen molar-refractivity contribution in [3.05, 3.63) is 42.5 Å². The molecule has 0 heterocycles. The van der Waals surface area contributed by atoms with Crippen LogP contribution in [-0.4, -0.2) is 22.5 Å². The summed E-state index contributed by atoms with van der Waals surface area (Å²) < 4.78 is 12.2. The third-order valence-electron chi connectivity index (χ3n) is 3.50. The van der Waals surface area contributed by atoms with E-state index in [9.17, 15) is 4.21 Å². The fraction of sp³-hybridized carbons (Fsp3) is 0.375. The van der Waals surface area contributed by atoms with Gasteiger partial charge in [0.2, 0.25) is 0 Å². The molecule has 1 N–H and O–H groups in total. The summed E-state index contributed by atoms with van der Waals surface area (Å²) in [6, 6.07) is 15.1. The monoisotopic (exact) mass is 273 g/mol. The second-order valence-corrected chi connectivity index (χ2v) is 6.71. The standard InChI is InChI=1S/C16H19NOS/c18-19(11-3-10-17-15-7-8-15)16-9-6-13-4-1-2-5-14(13)12-16/h1-2,4-6,9,12,15,17H,3,7-8,10-11H2. The highest BCUT2D eigenvalue weighted by atomic mass is 32.2. The minimum atomic E-state index is -0.874. The molecule has 2 nitrogen and oxygen atoms in total. The Balaban J connectivity index is 1.60. The third kappa shape index (κ3) is 3.43. The summed E-state index contributed by atoms with van der Waals surface area (Å²) in [7, 11) is -0.874. The second kappa shape index (κ2) is 5.85. The highest BCUT2D eigenvalue weighted by Gasteiger charge is 2.19. The maximum absolute atomic E-state index is 12.2. The van der Waals surface area contributed by atoms with Crippen LogP contribution in [-0.2, 0) is 10.8 Å². The minimum absolute atomic E-state index is 0.745. The zero-order valence-corrected chi connectivity index (χ0v) is 11.8. The van der Waals surface area contributed by atoms with E-state index < -0.39 is 10.8 Å². The highest BCUT2D eigenvalue weighted by Crippen LogP contribution is 2.19. The second-order valence-electron chi connectivity index (χ2n) is 5.14. The Kier molecular flexibility index (Phi) is 3.95. The van der Waals surface area contributed by atoms with Gasteiger partial charge in [0, 0.05) is 16.7 Å². The fourth-order valence-corrected chi connectivity index (χ4v) is 3.34. The van der Waals surface area contributed by atoms with E-state index in [0.717, 1.165) is 29.7 Å². The number of rotatable bonds is 6. The van der Waals surface area contributed by atoms with Gasteiger partial charge in [-0.2, -0.15) is 0 Å². The van der Waals surface area contributed by atoms with Gasteiger partial charge < -0.3 is 5.32 Å². The van der Waals surface area contributed by atoms with Crippen molar-refractivity contribution in [2.75, 3.05) is 12.3 Å². The molecule has 19 heavy (non-hydrogen) atoms. The molecule has 1 unspecified atom stereocenters. The Morgan fingerprint density at radius 2 is 1.89 bits per heavy atom. The van der Waals surface area contributed by atoms with E-state index in [1.165, 1.54) is 23.6 Å². The van der Waals surface area contributed by atoms with Gasteiger partial charge in [0.1, 0.15) is 0 Å². The smallest absolute Gasteiger partial charge is 0.0530 e. The molecule has 3 rings (SSSR count). The van der Waals surface area contributed by atoms with Gasteiger partial charge in [0.25, 0.3) is 0 Å². The summed E-state index contributed by atoms with van der Waals surface area (Å²) in [5.74, 6) is 0.748. The van der Waals surface area contributed by atoms with Crippen LogP contribution < -0.4 is 5.32 Å². The van der Waals surface area contributed by atoms with Gasteiger partial charge in [-0.25, -0.2) is 0 Å². The molecule has 100 valence electrons. The highest BCUT2D eigenvalue weighted by molar-refractivity contribution is 7.85. The van der Waals surface area contributed by atoms with Crippen LogP contribution in [0.4, 0.5) is 0 Å². The normalized spacial score (nSPS) is 16.6. The molecule has 0 radical (unpaired) electrons. The summed E-state index contributed by atoms with van der Waals surface area (Å²) in [5, 5.41) is 5.84. The molecular formula is C16H19NOS. The first-order valence-electron chi connectivity index (χ1n) is 6.93. The molecule has 1 saturated carbocycles. The molecule has 2 aromatic rings. The lowest BCUT2D eigenvalue weighted by atomic mass is 10.1. The van der Waals surface area contributed by atoms with Crippen molar-refractivity contribution in [1.29, 1.82) is 0 Å². The molecule has 0 bridgehead atoms. The zero-order chi connectivity index (χ0) is 13.1. The Morgan fingerprint density at radius 3 is 2.68 bits per heavy atom. The van der Waals surface area contributed by atoms with E-state index >= 15 is 0 Å². The number of benzene rings is 2. The lowest BCUT2D eigenvalue weighted by Crippen LogP contribution is -2.19. The van der Waals surface area contributed by atoms with Crippen LogP contribution in [0.3, 0.4) is 0 Å². The van der Waals surface area contributed by atoms with E-state index in [1.54, 1.807) is 0 Å². The average Bonchev–Trinajstić information content (AvgIpc) is 3.27. The SMILES string of the molecule is O=S(CCCNC1CC1)c1ccc2ccccc2c1. The first kappa shape index (κ1) is 12.8. The molecule has 1 fully saturated rings. The number of hydrogen-bond acceptors (Lipinski definition) is 2. The van der Waals surface area contributed by atoms with Crippen molar-refractivity contribution in [1.82, 2.24) is 5.32 Å². The average molecular weight is 273 g/mol. The summed E-state index contributed by atoms with van der Waals surface area (Å²) in [6.45, 7) is 0.990. The van der Waals surface area contributed by atoms with Gasteiger partial charge >= 0.3 is 0 Å². The van der Waals surface area contributed by atoms with E-state index in [4.69, 9.17) is 0 Å². The van der Waals surface area contributed by atoms with E-state index in [-0.39, 0.29) is 0 Å². The predicted molar refractivity (Wildman–Crippen MR) is 80.9 cm³/mol. The van der Waals surface area contributed by atoms with Crippen LogP contribution in [0.1, 0.15) is 19.3 Å². The van der Waals surface area contributed by atoms with E-state index in [0.29, 0.717) is 0 Å². The largest absolute Gasteiger partial charge is 0.314 e. The van der Waals surface area contributed by atoms with Gasteiger partial charge in [-0.05, 0) is 48.7 Å². The van der Waals surface area contributed by atoms with E-state index in [1.807, 2.05) is 18.2 Å². The lowest BCUT2D eigenvalue weighted by Gasteiger charge is -2.05. The van der Waals surface area contributed by atoms with Gasteiger partial charge in [0.15, 0.2) is 0 Å². The van der Waals surface area contributed by atoms with E-state index in [2.05, 4.69) is 29.6 Å². The molecule has 1 atom stereocenters. The van der Waals surface area contributed by atoms with Crippen LogP contribution in [0.15, 0.2) is 47.4 Å². The molecule has 0 spiro atoms. The van der Waals surface area contributed by atoms with Crippen molar-refractivity contribution in [2.45, 2.75) is 30.2 Å². The Morgan fingerprint density at radius 1 is 1.11 bits per heavy atom. The summed E-state index contributed by atoms with van der Waals surface area (Å²) in [6.07, 6.45) is 3.61. The van der Waals surface area contributed by atoms with Crippen LogP contribution in [0.5, 0.6) is 0 Å². The topological polar surface area (TPSA) is 29.1 Å². The van der Waals surface area contributed by atoms with Crippen LogP contribution >= 0.6 is 0 Å². The molecule has 0 saturated heterocycles. The first-order valence-corrected chi connectivity index (χ1v) is 8.25. The van der Waals surface area contributed by atoms with Crippen molar-refractivity contribution in [3.8, 4) is 0 Å². The summed E-state index contributed by atoms with van der Waals surface area (Å²) >= 11 is 0. The zero-order valence-electron chi connectivity index (χ0n) is 11.0. The van der Waals surface area contributed by atoms with Crippen LogP contribution in [0.25, 0.3) is 10.8 Å². The van der Waals surface area contributed by atoms with Crippen molar-refractivity contribution < 1.29 is 4.21 Å². The molecule has 2 aromatic carbocycles. The number of fused-ring (bicyclic) bond motifs is 1. The molecular weight excluding hydrogens is 254 g/mol.